The molecule has 2 aromatic heterocycles. The Hall–Kier alpha value is -2.96. The van der Waals surface area contributed by atoms with E-state index in [1.54, 1.807) is 0 Å². The van der Waals surface area contributed by atoms with Crippen LogP contribution >= 0.6 is 12.2 Å². The van der Waals surface area contributed by atoms with E-state index < -0.39 is 0 Å². The van der Waals surface area contributed by atoms with Crippen LogP contribution in [0.1, 0.15) is 42.5 Å². The second-order valence-electron chi connectivity index (χ2n) is 9.45. The number of aromatic nitrogens is 3. The molecule has 0 bridgehead atoms. The highest BCUT2D eigenvalue weighted by molar-refractivity contribution is 7.80. The average Bonchev–Trinajstić information content (AvgIpc) is 3.54. The lowest BCUT2D eigenvalue weighted by Gasteiger charge is -2.14. The van der Waals surface area contributed by atoms with Gasteiger partial charge in [-0.15, -0.1) is 5.10 Å². The number of rotatable bonds is 5. The molecule has 0 aliphatic carbocycles. The summed E-state index contributed by atoms with van der Waals surface area (Å²) in [6.07, 6.45) is 5.77. The van der Waals surface area contributed by atoms with Gasteiger partial charge in [0.15, 0.2) is 5.82 Å². The monoisotopic (exact) mass is 470 g/mol. The minimum Gasteiger partial charge on any atom is -0.376 e. The summed E-state index contributed by atoms with van der Waals surface area (Å²) in [4.78, 5) is 0.747. The topological polar surface area (TPSA) is 43.5 Å². The molecule has 34 heavy (non-hydrogen) atoms. The Morgan fingerprint density at radius 3 is 2.65 bits per heavy atom. The van der Waals surface area contributed by atoms with Crippen molar-refractivity contribution in [2.24, 2.45) is 0 Å². The van der Waals surface area contributed by atoms with Gasteiger partial charge in [0, 0.05) is 36.4 Å². The van der Waals surface area contributed by atoms with E-state index in [2.05, 4.69) is 75.9 Å². The molecule has 2 aromatic carbocycles. The molecule has 4 aromatic rings. The van der Waals surface area contributed by atoms with Gasteiger partial charge in [0.2, 0.25) is 0 Å². The van der Waals surface area contributed by atoms with Crippen molar-refractivity contribution in [2.75, 3.05) is 13.2 Å². The zero-order valence-corrected chi connectivity index (χ0v) is 20.4. The second-order valence-corrected chi connectivity index (χ2v) is 9.86. The highest BCUT2D eigenvalue weighted by Gasteiger charge is 2.29. The van der Waals surface area contributed by atoms with Gasteiger partial charge in [-0.25, -0.2) is 4.52 Å². The Balaban J connectivity index is 1.54. The lowest BCUT2D eigenvalue weighted by atomic mass is 9.97. The molecule has 0 unspecified atom stereocenters. The van der Waals surface area contributed by atoms with Gasteiger partial charge in [0.05, 0.1) is 6.10 Å². The molecule has 5 nitrogen and oxygen atoms in total. The van der Waals surface area contributed by atoms with Crippen molar-refractivity contribution < 1.29 is 4.74 Å². The first-order chi connectivity index (χ1) is 16.7. The van der Waals surface area contributed by atoms with Crippen LogP contribution in [0.2, 0.25) is 0 Å². The van der Waals surface area contributed by atoms with Crippen molar-refractivity contribution in [3.05, 3.63) is 71.4 Å². The van der Waals surface area contributed by atoms with Crippen molar-refractivity contribution in [1.29, 1.82) is 0 Å². The molecule has 1 saturated heterocycles. The summed E-state index contributed by atoms with van der Waals surface area (Å²) in [5, 5.41) is 8.71. The third kappa shape index (κ3) is 3.75. The highest BCUT2D eigenvalue weighted by atomic mass is 32.1. The number of ether oxygens (including phenoxy) is 1. The molecular formula is C28H30N4OS. The predicted octanol–water partition coefficient (Wildman–Crippen LogP) is 5.56. The van der Waals surface area contributed by atoms with Gasteiger partial charge in [0.1, 0.15) is 16.3 Å². The molecule has 1 fully saturated rings. The minimum absolute atomic E-state index is 0.229. The van der Waals surface area contributed by atoms with Crippen LogP contribution in [0.4, 0.5) is 0 Å². The van der Waals surface area contributed by atoms with Crippen molar-refractivity contribution >= 4 is 22.9 Å². The van der Waals surface area contributed by atoms with E-state index in [-0.39, 0.29) is 6.10 Å². The summed E-state index contributed by atoms with van der Waals surface area (Å²) >= 11 is 6.04. The molecule has 1 atom stereocenters. The molecule has 4 heterocycles. The van der Waals surface area contributed by atoms with Crippen molar-refractivity contribution in [3.8, 4) is 22.5 Å². The second kappa shape index (κ2) is 9.01. The van der Waals surface area contributed by atoms with Crippen LogP contribution in [0.5, 0.6) is 0 Å². The maximum atomic E-state index is 6.04. The number of thiocarbonyl (C=S) groups is 1. The molecule has 0 saturated carbocycles. The average molecular weight is 471 g/mol. The molecule has 0 amide bonds. The molecular weight excluding hydrogens is 440 g/mol. The Morgan fingerprint density at radius 1 is 1.06 bits per heavy atom. The largest absolute Gasteiger partial charge is 0.376 e. The van der Waals surface area contributed by atoms with Crippen LogP contribution < -0.4 is 5.32 Å². The van der Waals surface area contributed by atoms with Gasteiger partial charge in [-0.3, -0.25) is 0 Å². The summed E-state index contributed by atoms with van der Waals surface area (Å²) in [5.74, 6) is 1.01. The Kier molecular flexibility index (Phi) is 5.71. The number of aryl methyl sites for hydroxylation is 3. The quantitative estimate of drug-likeness (QED) is 0.388. The Morgan fingerprint density at radius 2 is 1.88 bits per heavy atom. The lowest BCUT2D eigenvalue weighted by Crippen LogP contribution is -2.32. The molecule has 1 N–H and O–H groups in total. The van der Waals surface area contributed by atoms with Gasteiger partial charge in [-0.1, -0.05) is 72.4 Å². The van der Waals surface area contributed by atoms with E-state index in [9.17, 15) is 0 Å². The number of hydrogen-bond donors (Lipinski definition) is 1. The smallest absolute Gasteiger partial charge is 0.162 e. The zero-order valence-electron chi connectivity index (χ0n) is 19.6. The fourth-order valence-electron chi connectivity index (χ4n) is 5.38. The van der Waals surface area contributed by atoms with E-state index in [1.807, 2.05) is 0 Å². The first-order valence-electron chi connectivity index (χ1n) is 12.4. The summed E-state index contributed by atoms with van der Waals surface area (Å²) < 4.78 is 10.4. The first kappa shape index (κ1) is 21.6. The minimum atomic E-state index is 0.229. The van der Waals surface area contributed by atoms with Crippen LogP contribution in [0.15, 0.2) is 54.6 Å². The van der Waals surface area contributed by atoms with Crippen LogP contribution in [0.25, 0.3) is 28.2 Å². The standard InChI is InChI=1S/C28H30N4OS/c1-19-12-14-20(15-13-19)24-23-11-5-6-16-31-26(21-8-3-2-4-9-21)30-32(28(23)31)25(24)27(34)29-18-22-10-7-17-33-22/h2-4,8-9,12-15,22H,5-7,10-11,16-18H2,1H3,(H,29,34)/t22-/m0/s1. The Labute approximate surface area is 205 Å². The van der Waals surface area contributed by atoms with Gasteiger partial charge >= 0.3 is 0 Å². The summed E-state index contributed by atoms with van der Waals surface area (Å²) in [6.45, 7) is 4.68. The van der Waals surface area contributed by atoms with Gasteiger partial charge in [0.25, 0.3) is 0 Å². The van der Waals surface area contributed by atoms with Gasteiger partial charge < -0.3 is 14.6 Å². The first-order valence-corrected chi connectivity index (χ1v) is 12.8. The predicted molar refractivity (Wildman–Crippen MR) is 140 cm³/mol. The molecule has 0 radical (unpaired) electrons. The molecule has 174 valence electrons. The normalized spacial score (nSPS) is 17.7. The van der Waals surface area contributed by atoms with Crippen LogP contribution in [0.3, 0.4) is 0 Å². The van der Waals surface area contributed by atoms with Gasteiger partial charge in [-0.2, -0.15) is 0 Å². The summed E-state index contributed by atoms with van der Waals surface area (Å²) in [7, 11) is 0. The van der Waals surface area contributed by atoms with E-state index in [0.29, 0.717) is 0 Å². The highest BCUT2D eigenvalue weighted by Crippen LogP contribution is 2.38. The zero-order chi connectivity index (χ0) is 23.1. The fourth-order valence-corrected chi connectivity index (χ4v) is 5.65. The summed E-state index contributed by atoms with van der Waals surface area (Å²) in [5.41, 5.74) is 8.36. The molecule has 2 aliphatic heterocycles. The van der Waals surface area contributed by atoms with E-state index in [4.69, 9.17) is 22.1 Å². The number of nitrogens with one attached hydrogen (secondary N) is 1. The maximum Gasteiger partial charge on any atom is 0.162 e. The van der Waals surface area contributed by atoms with E-state index in [1.165, 1.54) is 27.9 Å². The third-order valence-corrected chi connectivity index (χ3v) is 7.42. The molecule has 6 heteroatoms. The van der Waals surface area contributed by atoms with Gasteiger partial charge in [-0.05, 0) is 44.6 Å². The number of benzene rings is 2. The van der Waals surface area contributed by atoms with E-state index >= 15 is 0 Å². The lowest BCUT2D eigenvalue weighted by molar-refractivity contribution is 0.114. The number of nitrogens with zero attached hydrogens (tertiary/aromatic N) is 3. The van der Waals surface area contributed by atoms with E-state index in [0.717, 1.165) is 73.9 Å². The van der Waals surface area contributed by atoms with Crippen LogP contribution in [0, 0.1) is 6.92 Å². The Bertz CT molecular complexity index is 1330. The van der Waals surface area contributed by atoms with Crippen molar-refractivity contribution in [1.82, 2.24) is 19.5 Å². The summed E-state index contributed by atoms with van der Waals surface area (Å²) in [6, 6.07) is 19.3. The molecule has 6 rings (SSSR count). The molecule has 0 spiro atoms. The molecule has 2 aliphatic rings. The van der Waals surface area contributed by atoms with Crippen molar-refractivity contribution in [2.45, 2.75) is 51.7 Å². The SMILES string of the molecule is Cc1ccc(-c2c3c4n(c(-c5ccccc5)nn4c2C(=S)NC[C@@H]2CCCO2)CCCC3)cc1. The third-order valence-electron chi connectivity index (χ3n) is 7.09. The van der Waals surface area contributed by atoms with Crippen LogP contribution in [-0.4, -0.2) is 38.4 Å². The number of hydrogen-bond acceptors (Lipinski definition) is 3. The van der Waals surface area contributed by atoms with Crippen LogP contribution in [-0.2, 0) is 17.7 Å². The maximum absolute atomic E-state index is 6.04. The van der Waals surface area contributed by atoms with Crippen molar-refractivity contribution in [3.63, 3.8) is 0 Å². The fraction of sp³-hybridized carbons (Fsp3) is 0.357.